The first kappa shape index (κ1) is 9.00. The van der Waals surface area contributed by atoms with E-state index in [2.05, 4.69) is 0 Å². The zero-order valence-corrected chi connectivity index (χ0v) is 8.55. The molecular formula is C12H12O2. The maximum absolute atomic E-state index is 11.8. The van der Waals surface area contributed by atoms with Crippen molar-refractivity contribution in [3.05, 3.63) is 45.3 Å². The molecule has 0 unspecified atom stereocenters. The fourth-order valence-electron chi connectivity index (χ4n) is 1.72. The van der Waals surface area contributed by atoms with Crippen LogP contribution in [-0.4, -0.2) is 0 Å². The zero-order valence-electron chi connectivity index (χ0n) is 8.55. The molecule has 0 bridgehead atoms. The average molecular weight is 188 g/mol. The molecule has 0 amide bonds. The van der Waals surface area contributed by atoms with Crippen molar-refractivity contribution in [1.29, 1.82) is 0 Å². The SMILES string of the molecule is Cc1cc(C)c2c(=O)c(C)coc2c1. The van der Waals surface area contributed by atoms with E-state index in [1.54, 1.807) is 6.92 Å². The van der Waals surface area contributed by atoms with Gasteiger partial charge in [0.25, 0.3) is 0 Å². The van der Waals surface area contributed by atoms with Crippen LogP contribution in [0, 0.1) is 20.8 Å². The van der Waals surface area contributed by atoms with Gasteiger partial charge in [-0.1, -0.05) is 6.07 Å². The highest BCUT2D eigenvalue weighted by atomic mass is 16.3. The second-order valence-electron chi connectivity index (χ2n) is 3.70. The van der Waals surface area contributed by atoms with Crippen LogP contribution in [0.1, 0.15) is 16.7 Å². The molecule has 1 heterocycles. The largest absolute Gasteiger partial charge is 0.464 e. The van der Waals surface area contributed by atoms with Gasteiger partial charge in [0.05, 0.1) is 11.6 Å². The molecule has 0 atom stereocenters. The van der Waals surface area contributed by atoms with Crippen molar-refractivity contribution in [1.82, 2.24) is 0 Å². The number of fused-ring (bicyclic) bond motifs is 1. The summed E-state index contributed by atoms with van der Waals surface area (Å²) in [7, 11) is 0. The Labute approximate surface area is 82.2 Å². The molecule has 2 aromatic rings. The molecule has 0 fully saturated rings. The van der Waals surface area contributed by atoms with Gasteiger partial charge in [0.1, 0.15) is 5.58 Å². The van der Waals surface area contributed by atoms with Crippen molar-refractivity contribution < 1.29 is 4.42 Å². The third-order valence-corrected chi connectivity index (χ3v) is 2.39. The third-order valence-electron chi connectivity index (χ3n) is 2.39. The Kier molecular flexibility index (Phi) is 1.92. The lowest BCUT2D eigenvalue weighted by molar-refractivity contribution is 0.596. The lowest BCUT2D eigenvalue weighted by Gasteiger charge is -2.03. The summed E-state index contributed by atoms with van der Waals surface area (Å²) in [4.78, 5) is 11.8. The molecule has 2 heteroatoms. The first-order valence-corrected chi connectivity index (χ1v) is 4.59. The molecule has 0 aliphatic heterocycles. The second-order valence-corrected chi connectivity index (χ2v) is 3.70. The fraction of sp³-hybridized carbons (Fsp3) is 0.250. The van der Waals surface area contributed by atoms with Gasteiger partial charge in [0, 0.05) is 5.56 Å². The quantitative estimate of drug-likeness (QED) is 0.636. The van der Waals surface area contributed by atoms with Gasteiger partial charge in [-0.3, -0.25) is 4.79 Å². The topological polar surface area (TPSA) is 30.2 Å². The summed E-state index contributed by atoms with van der Waals surface area (Å²) in [6, 6.07) is 3.89. The number of rotatable bonds is 0. The summed E-state index contributed by atoms with van der Waals surface area (Å²) in [5.74, 6) is 0. The third kappa shape index (κ3) is 1.23. The monoisotopic (exact) mass is 188 g/mol. The number of aryl methyl sites for hydroxylation is 3. The molecule has 2 rings (SSSR count). The van der Waals surface area contributed by atoms with E-state index < -0.39 is 0 Å². The van der Waals surface area contributed by atoms with Crippen LogP contribution in [-0.2, 0) is 0 Å². The lowest BCUT2D eigenvalue weighted by Crippen LogP contribution is -2.06. The minimum atomic E-state index is 0.0729. The molecule has 1 aromatic heterocycles. The van der Waals surface area contributed by atoms with Crippen LogP contribution >= 0.6 is 0 Å². The van der Waals surface area contributed by atoms with Crippen molar-refractivity contribution in [3.8, 4) is 0 Å². The van der Waals surface area contributed by atoms with E-state index in [4.69, 9.17) is 4.42 Å². The maximum Gasteiger partial charge on any atom is 0.195 e. The molecular weight excluding hydrogens is 176 g/mol. The van der Waals surface area contributed by atoms with E-state index in [0.29, 0.717) is 16.5 Å². The molecule has 0 saturated carbocycles. The molecule has 0 aliphatic carbocycles. The van der Waals surface area contributed by atoms with Gasteiger partial charge in [0.2, 0.25) is 0 Å². The highest BCUT2D eigenvalue weighted by Crippen LogP contribution is 2.17. The van der Waals surface area contributed by atoms with Crippen LogP contribution in [0.3, 0.4) is 0 Å². The lowest BCUT2D eigenvalue weighted by atomic mass is 10.1. The predicted molar refractivity (Wildman–Crippen MR) is 56.7 cm³/mol. The van der Waals surface area contributed by atoms with Gasteiger partial charge < -0.3 is 4.42 Å². The van der Waals surface area contributed by atoms with Crippen molar-refractivity contribution in [2.75, 3.05) is 0 Å². The summed E-state index contributed by atoms with van der Waals surface area (Å²) >= 11 is 0. The predicted octanol–water partition coefficient (Wildman–Crippen LogP) is 2.72. The van der Waals surface area contributed by atoms with Gasteiger partial charge in [-0.2, -0.15) is 0 Å². The number of hydrogen-bond donors (Lipinski definition) is 0. The summed E-state index contributed by atoms with van der Waals surface area (Å²) < 4.78 is 5.38. The highest BCUT2D eigenvalue weighted by Gasteiger charge is 2.06. The Morgan fingerprint density at radius 3 is 2.50 bits per heavy atom. The Morgan fingerprint density at radius 1 is 1.07 bits per heavy atom. The molecule has 2 nitrogen and oxygen atoms in total. The van der Waals surface area contributed by atoms with E-state index in [0.717, 1.165) is 11.1 Å². The van der Waals surface area contributed by atoms with Crippen LogP contribution in [0.4, 0.5) is 0 Å². The van der Waals surface area contributed by atoms with Crippen LogP contribution in [0.2, 0.25) is 0 Å². The van der Waals surface area contributed by atoms with Gasteiger partial charge in [-0.05, 0) is 38.0 Å². The number of benzene rings is 1. The highest BCUT2D eigenvalue weighted by molar-refractivity contribution is 5.81. The van der Waals surface area contributed by atoms with E-state index in [9.17, 15) is 4.79 Å². The first-order valence-electron chi connectivity index (χ1n) is 4.59. The summed E-state index contributed by atoms with van der Waals surface area (Å²) in [5, 5.41) is 0.704. The summed E-state index contributed by atoms with van der Waals surface area (Å²) in [6.07, 6.45) is 1.52. The van der Waals surface area contributed by atoms with Gasteiger partial charge in [-0.15, -0.1) is 0 Å². The summed E-state index contributed by atoms with van der Waals surface area (Å²) in [6.45, 7) is 5.70. The van der Waals surface area contributed by atoms with Crippen molar-refractivity contribution in [2.45, 2.75) is 20.8 Å². The molecule has 72 valence electrons. The van der Waals surface area contributed by atoms with E-state index >= 15 is 0 Å². The van der Waals surface area contributed by atoms with E-state index in [1.165, 1.54) is 6.26 Å². The van der Waals surface area contributed by atoms with Crippen molar-refractivity contribution in [2.24, 2.45) is 0 Å². The maximum atomic E-state index is 11.8. The normalized spacial score (nSPS) is 10.8. The Balaban J connectivity index is 3.03. The minimum absolute atomic E-state index is 0.0729. The van der Waals surface area contributed by atoms with Gasteiger partial charge in [0.15, 0.2) is 5.43 Å². The van der Waals surface area contributed by atoms with Gasteiger partial charge in [-0.25, -0.2) is 0 Å². The molecule has 14 heavy (non-hydrogen) atoms. The zero-order chi connectivity index (χ0) is 10.3. The van der Waals surface area contributed by atoms with E-state index in [1.807, 2.05) is 26.0 Å². The molecule has 0 radical (unpaired) electrons. The Bertz CT molecular complexity index is 550. The molecule has 0 spiro atoms. The standard InChI is InChI=1S/C12H12O2/c1-7-4-8(2)11-10(5-7)14-6-9(3)12(11)13/h4-6H,1-3H3. The minimum Gasteiger partial charge on any atom is -0.464 e. The Hall–Kier alpha value is -1.57. The van der Waals surface area contributed by atoms with Crippen LogP contribution in [0.5, 0.6) is 0 Å². The first-order chi connectivity index (χ1) is 6.59. The fourth-order valence-corrected chi connectivity index (χ4v) is 1.72. The van der Waals surface area contributed by atoms with Crippen LogP contribution < -0.4 is 5.43 Å². The molecule has 0 saturated heterocycles. The van der Waals surface area contributed by atoms with Crippen molar-refractivity contribution in [3.63, 3.8) is 0 Å². The van der Waals surface area contributed by atoms with E-state index in [-0.39, 0.29) is 5.43 Å². The molecule has 0 aliphatic rings. The molecule has 0 N–H and O–H groups in total. The number of hydrogen-bond acceptors (Lipinski definition) is 2. The Morgan fingerprint density at radius 2 is 1.79 bits per heavy atom. The average Bonchev–Trinajstić information content (AvgIpc) is 2.10. The summed E-state index contributed by atoms with van der Waals surface area (Å²) in [5.41, 5.74) is 3.51. The van der Waals surface area contributed by atoms with Crippen LogP contribution in [0.15, 0.2) is 27.6 Å². The smallest absolute Gasteiger partial charge is 0.195 e. The molecule has 1 aromatic carbocycles. The van der Waals surface area contributed by atoms with Crippen LogP contribution in [0.25, 0.3) is 11.0 Å². The van der Waals surface area contributed by atoms with Gasteiger partial charge >= 0.3 is 0 Å². The second kappa shape index (κ2) is 2.98. The van der Waals surface area contributed by atoms with Crippen molar-refractivity contribution >= 4 is 11.0 Å².